The molecule has 0 N–H and O–H groups in total. The third-order valence-electron chi connectivity index (χ3n) is 2.78. The molecule has 0 radical (unpaired) electrons. The summed E-state index contributed by atoms with van der Waals surface area (Å²) in [5, 5.41) is 0. The predicted molar refractivity (Wildman–Crippen MR) is 89.3 cm³/mol. The van der Waals surface area contributed by atoms with Gasteiger partial charge in [0, 0.05) is 13.7 Å². The molecule has 1 amide bonds. The van der Waals surface area contributed by atoms with Crippen molar-refractivity contribution >= 4 is 12.1 Å². The van der Waals surface area contributed by atoms with Crippen LogP contribution in [0.3, 0.4) is 0 Å². The molecular formula is C17H33NO5. The van der Waals surface area contributed by atoms with Crippen LogP contribution in [-0.2, 0) is 19.0 Å². The highest BCUT2D eigenvalue weighted by atomic mass is 16.6. The Bertz CT molecular complexity index is 393. The van der Waals surface area contributed by atoms with E-state index in [1.807, 2.05) is 13.8 Å². The maximum absolute atomic E-state index is 12.6. The Balaban J connectivity index is 5.41. The molecule has 23 heavy (non-hydrogen) atoms. The van der Waals surface area contributed by atoms with Crippen LogP contribution in [0.4, 0.5) is 4.79 Å². The molecule has 0 rings (SSSR count). The smallest absolute Gasteiger partial charge is 0.411 e. The molecule has 6 nitrogen and oxygen atoms in total. The number of hydrogen-bond acceptors (Lipinski definition) is 5. The SMILES string of the molecule is COCCN(C(=O)OC(C)(C)C)[C@H](C(=O)OC(C)(C)C)C(C)C. The first-order valence-corrected chi connectivity index (χ1v) is 8.00. The number of amides is 1. The van der Waals surface area contributed by atoms with Crippen molar-refractivity contribution in [1.29, 1.82) is 0 Å². The standard InChI is InChI=1S/C17H33NO5/c1-12(2)13(14(19)22-16(3,4)5)18(10-11-21-9)15(20)23-17(6,7)8/h12-13H,10-11H2,1-9H3/t13-/m0/s1. The van der Waals surface area contributed by atoms with Gasteiger partial charge in [0.1, 0.15) is 17.2 Å². The monoisotopic (exact) mass is 331 g/mol. The van der Waals surface area contributed by atoms with Gasteiger partial charge in [-0.2, -0.15) is 0 Å². The summed E-state index contributed by atoms with van der Waals surface area (Å²) in [7, 11) is 1.55. The number of hydrogen-bond donors (Lipinski definition) is 0. The van der Waals surface area contributed by atoms with Gasteiger partial charge in [-0.3, -0.25) is 4.90 Å². The maximum Gasteiger partial charge on any atom is 0.411 e. The van der Waals surface area contributed by atoms with E-state index in [4.69, 9.17) is 14.2 Å². The minimum absolute atomic E-state index is 0.116. The second-order valence-electron chi connectivity index (χ2n) is 7.89. The molecule has 0 fully saturated rings. The first kappa shape index (κ1) is 21.7. The lowest BCUT2D eigenvalue weighted by molar-refractivity contribution is -0.163. The Hall–Kier alpha value is -1.30. The molecule has 0 bridgehead atoms. The summed E-state index contributed by atoms with van der Waals surface area (Å²) >= 11 is 0. The van der Waals surface area contributed by atoms with E-state index < -0.39 is 29.3 Å². The van der Waals surface area contributed by atoms with Crippen LogP contribution in [0.2, 0.25) is 0 Å². The van der Waals surface area contributed by atoms with Crippen LogP contribution in [-0.4, -0.2) is 54.5 Å². The normalized spacial score (nSPS) is 13.7. The number of esters is 1. The van der Waals surface area contributed by atoms with Gasteiger partial charge in [-0.05, 0) is 47.5 Å². The van der Waals surface area contributed by atoms with Crippen LogP contribution in [0.5, 0.6) is 0 Å². The molecule has 0 aromatic heterocycles. The minimum atomic E-state index is -0.723. The predicted octanol–water partition coefficient (Wildman–Crippen LogP) is 3.24. The highest BCUT2D eigenvalue weighted by Gasteiger charge is 2.37. The summed E-state index contributed by atoms with van der Waals surface area (Å²) in [6.45, 7) is 15.1. The number of methoxy groups -OCH3 is 1. The lowest BCUT2D eigenvalue weighted by Crippen LogP contribution is -2.52. The summed E-state index contributed by atoms with van der Waals surface area (Å²) in [5.74, 6) is -0.552. The lowest BCUT2D eigenvalue weighted by atomic mass is 10.0. The van der Waals surface area contributed by atoms with Crippen LogP contribution in [0.15, 0.2) is 0 Å². The molecule has 0 spiro atoms. The minimum Gasteiger partial charge on any atom is -0.458 e. The molecule has 0 aliphatic carbocycles. The number of ether oxygens (including phenoxy) is 3. The van der Waals surface area contributed by atoms with Crippen LogP contribution in [0.1, 0.15) is 55.4 Å². The molecule has 1 atom stereocenters. The number of carbonyl (C=O) groups excluding carboxylic acids is 2. The van der Waals surface area contributed by atoms with Crippen LogP contribution in [0.25, 0.3) is 0 Å². The largest absolute Gasteiger partial charge is 0.458 e. The van der Waals surface area contributed by atoms with Crippen LogP contribution >= 0.6 is 0 Å². The van der Waals surface area contributed by atoms with Crippen molar-refractivity contribution in [3.63, 3.8) is 0 Å². The number of nitrogens with zero attached hydrogens (tertiary/aromatic N) is 1. The molecule has 0 aliphatic heterocycles. The molecular weight excluding hydrogens is 298 g/mol. The van der Waals surface area contributed by atoms with Gasteiger partial charge < -0.3 is 14.2 Å². The van der Waals surface area contributed by atoms with Crippen molar-refractivity contribution in [2.75, 3.05) is 20.3 Å². The Morgan fingerprint density at radius 1 is 0.957 bits per heavy atom. The summed E-state index contributed by atoms with van der Waals surface area (Å²) in [6, 6.07) is -0.723. The Labute approximate surface area is 140 Å². The molecule has 0 unspecified atom stereocenters. The van der Waals surface area contributed by atoms with Crippen molar-refractivity contribution in [3.05, 3.63) is 0 Å². The zero-order valence-electron chi connectivity index (χ0n) is 16.1. The average Bonchev–Trinajstić information content (AvgIpc) is 2.28. The fourth-order valence-electron chi connectivity index (χ4n) is 1.98. The summed E-state index contributed by atoms with van der Waals surface area (Å²) in [5.41, 5.74) is -1.26. The summed E-state index contributed by atoms with van der Waals surface area (Å²) in [4.78, 5) is 26.5. The van der Waals surface area contributed by atoms with Gasteiger partial charge in [-0.25, -0.2) is 9.59 Å². The number of carbonyl (C=O) groups is 2. The lowest BCUT2D eigenvalue weighted by Gasteiger charge is -2.35. The van der Waals surface area contributed by atoms with E-state index in [1.165, 1.54) is 4.90 Å². The molecule has 0 saturated carbocycles. The van der Waals surface area contributed by atoms with Crippen LogP contribution < -0.4 is 0 Å². The van der Waals surface area contributed by atoms with E-state index in [9.17, 15) is 9.59 Å². The number of rotatable bonds is 6. The van der Waals surface area contributed by atoms with E-state index in [2.05, 4.69) is 0 Å². The van der Waals surface area contributed by atoms with Gasteiger partial charge in [-0.15, -0.1) is 0 Å². The van der Waals surface area contributed by atoms with Crippen molar-refractivity contribution in [3.8, 4) is 0 Å². The topological polar surface area (TPSA) is 65.1 Å². The third kappa shape index (κ3) is 8.79. The first-order chi connectivity index (χ1) is 10.3. The molecule has 0 aliphatic rings. The zero-order valence-corrected chi connectivity index (χ0v) is 16.1. The Kier molecular flexibility index (Phi) is 8.04. The quantitative estimate of drug-likeness (QED) is 0.699. The van der Waals surface area contributed by atoms with Gasteiger partial charge >= 0.3 is 12.1 Å². The molecule has 0 aromatic rings. The third-order valence-corrected chi connectivity index (χ3v) is 2.78. The maximum atomic E-state index is 12.6. The van der Waals surface area contributed by atoms with Crippen molar-refractivity contribution in [2.45, 2.75) is 72.6 Å². The van der Waals surface area contributed by atoms with Crippen molar-refractivity contribution in [1.82, 2.24) is 4.90 Å². The molecule has 0 aromatic carbocycles. The molecule has 136 valence electrons. The average molecular weight is 331 g/mol. The van der Waals surface area contributed by atoms with Gasteiger partial charge in [0.05, 0.1) is 6.61 Å². The molecule has 6 heteroatoms. The zero-order chi connectivity index (χ0) is 18.4. The Morgan fingerprint density at radius 2 is 1.43 bits per heavy atom. The summed E-state index contributed by atoms with van der Waals surface area (Å²) < 4.78 is 16.0. The van der Waals surface area contributed by atoms with E-state index in [0.29, 0.717) is 6.61 Å². The van der Waals surface area contributed by atoms with E-state index in [1.54, 1.807) is 48.7 Å². The highest BCUT2D eigenvalue weighted by Crippen LogP contribution is 2.20. The van der Waals surface area contributed by atoms with Crippen LogP contribution in [0, 0.1) is 5.92 Å². The second-order valence-corrected chi connectivity index (χ2v) is 7.89. The fourth-order valence-corrected chi connectivity index (χ4v) is 1.98. The van der Waals surface area contributed by atoms with Gasteiger partial charge in [0.25, 0.3) is 0 Å². The van der Waals surface area contributed by atoms with Gasteiger partial charge in [0.2, 0.25) is 0 Å². The second kappa shape index (κ2) is 8.52. The van der Waals surface area contributed by atoms with E-state index in [-0.39, 0.29) is 12.5 Å². The van der Waals surface area contributed by atoms with Crippen molar-refractivity contribution in [2.24, 2.45) is 5.92 Å². The molecule has 0 heterocycles. The Morgan fingerprint density at radius 3 is 1.78 bits per heavy atom. The van der Waals surface area contributed by atoms with E-state index >= 15 is 0 Å². The first-order valence-electron chi connectivity index (χ1n) is 8.00. The fraction of sp³-hybridized carbons (Fsp3) is 0.882. The summed E-state index contributed by atoms with van der Waals surface area (Å²) in [6.07, 6.45) is -0.542. The highest BCUT2D eigenvalue weighted by molar-refractivity contribution is 5.82. The molecule has 0 saturated heterocycles. The van der Waals surface area contributed by atoms with Crippen molar-refractivity contribution < 1.29 is 23.8 Å². The van der Waals surface area contributed by atoms with Gasteiger partial charge in [0.15, 0.2) is 0 Å². The van der Waals surface area contributed by atoms with E-state index in [0.717, 1.165) is 0 Å². The van der Waals surface area contributed by atoms with Gasteiger partial charge in [-0.1, -0.05) is 13.8 Å².